The van der Waals surface area contributed by atoms with Gasteiger partial charge >= 0.3 is 0 Å². The van der Waals surface area contributed by atoms with E-state index in [1.165, 1.54) is 26.4 Å². The predicted molar refractivity (Wildman–Crippen MR) is 128 cm³/mol. The maximum Gasteiger partial charge on any atom is 0.143 e. The Morgan fingerprint density at radius 2 is 1.23 bits per heavy atom. The van der Waals surface area contributed by atoms with Crippen LogP contribution in [0.1, 0.15) is 26.4 Å². The van der Waals surface area contributed by atoms with Gasteiger partial charge in [0.1, 0.15) is 17.6 Å². The standard InChI is InChI=1S/C28H23N2S/c1-21-20-26(22(2)31-21)27-29-18-19-30(27)28(23-12-6-3-7-13-23,24-14-8-4-9-15-24)25-16-10-5-11-17-25/h3-17,19-20H,1-2H3. The third-order valence-electron chi connectivity index (χ3n) is 5.80. The van der Waals surface area contributed by atoms with Crippen LogP contribution in [-0.2, 0) is 5.54 Å². The summed E-state index contributed by atoms with van der Waals surface area (Å²) in [5.74, 6) is 0.929. The maximum atomic E-state index is 4.75. The summed E-state index contributed by atoms with van der Waals surface area (Å²) in [5.41, 5.74) is 4.14. The van der Waals surface area contributed by atoms with E-state index in [9.17, 15) is 0 Å². The molecule has 2 heterocycles. The molecule has 31 heavy (non-hydrogen) atoms. The Kier molecular flexibility index (Phi) is 5.05. The largest absolute Gasteiger partial charge is 0.312 e. The molecule has 3 heteroatoms. The average molecular weight is 420 g/mol. The van der Waals surface area contributed by atoms with Crippen LogP contribution in [0.3, 0.4) is 0 Å². The van der Waals surface area contributed by atoms with E-state index in [1.807, 2.05) is 17.5 Å². The van der Waals surface area contributed by atoms with Gasteiger partial charge in [-0.3, -0.25) is 0 Å². The van der Waals surface area contributed by atoms with Crippen LogP contribution in [0.15, 0.2) is 103 Å². The lowest BCUT2D eigenvalue weighted by atomic mass is 9.76. The van der Waals surface area contributed by atoms with Crippen molar-refractivity contribution in [2.45, 2.75) is 19.4 Å². The SMILES string of the molecule is Cc1cc(-c2n[c]cn2C(c2ccccc2)(c2ccccc2)c2ccccc2)c(C)s1. The Morgan fingerprint density at radius 3 is 1.65 bits per heavy atom. The van der Waals surface area contributed by atoms with E-state index in [2.05, 4.69) is 122 Å². The fraction of sp³-hybridized carbons (Fsp3) is 0.107. The first-order valence-electron chi connectivity index (χ1n) is 10.4. The number of thiophene rings is 1. The van der Waals surface area contributed by atoms with Gasteiger partial charge in [-0.15, -0.1) is 11.3 Å². The van der Waals surface area contributed by atoms with Crippen molar-refractivity contribution in [2.75, 3.05) is 0 Å². The molecule has 0 unspecified atom stereocenters. The number of hydrogen-bond acceptors (Lipinski definition) is 2. The van der Waals surface area contributed by atoms with Gasteiger partial charge in [0.25, 0.3) is 0 Å². The number of nitrogens with zero attached hydrogens (tertiary/aromatic N) is 2. The molecule has 0 amide bonds. The summed E-state index contributed by atoms with van der Waals surface area (Å²) in [5, 5.41) is 0. The lowest BCUT2D eigenvalue weighted by Gasteiger charge is -2.38. The number of rotatable bonds is 5. The molecular formula is C28H23N2S. The Balaban J connectivity index is 1.91. The molecule has 0 aliphatic carbocycles. The number of benzene rings is 3. The van der Waals surface area contributed by atoms with Crippen molar-refractivity contribution >= 4 is 11.3 Å². The van der Waals surface area contributed by atoms with Crippen LogP contribution < -0.4 is 0 Å². The van der Waals surface area contributed by atoms with Gasteiger partial charge in [0.15, 0.2) is 0 Å². The molecule has 0 aliphatic heterocycles. The molecule has 5 aromatic rings. The van der Waals surface area contributed by atoms with Gasteiger partial charge in [-0.25, -0.2) is 4.98 Å². The molecule has 0 N–H and O–H groups in total. The van der Waals surface area contributed by atoms with E-state index in [0.29, 0.717) is 0 Å². The fourth-order valence-corrected chi connectivity index (χ4v) is 5.44. The zero-order chi connectivity index (χ0) is 21.3. The lowest BCUT2D eigenvalue weighted by Crippen LogP contribution is -2.37. The summed E-state index contributed by atoms with van der Waals surface area (Å²) in [6.45, 7) is 4.32. The van der Waals surface area contributed by atoms with Crippen LogP contribution >= 0.6 is 11.3 Å². The molecule has 0 bridgehead atoms. The minimum absolute atomic E-state index is 0.575. The smallest absolute Gasteiger partial charge is 0.143 e. The molecule has 2 nitrogen and oxygen atoms in total. The summed E-state index contributed by atoms with van der Waals surface area (Å²) in [4.78, 5) is 7.30. The summed E-state index contributed by atoms with van der Waals surface area (Å²) < 4.78 is 2.29. The van der Waals surface area contributed by atoms with Gasteiger partial charge in [0.05, 0.1) is 0 Å². The highest BCUT2D eigenvalue weighted by atomic mass is 32.1. The summed E-state index contributed by atoms with van der Waals surface area (Å²) >= 11 is 1.81. The first kappa shape index (κ1) is 19.5. The van der Waals surface area contributed by atoms with Crippen LogP contribution in [-0.4, -0.2) is 9.55 Å². The molecular weight excluding hydrogens is 396 g/mol. The Morgan fingerprint density at radius 1 is 0.742 bits per heavy atom. The second kappa shape index (κ2) is 8.01. The van der Waals surface area contributed by atoms with Gasteiger partial charge in [-0.2, -0.15) is 0 Å². The van der Waals surface area contributed by atoms with E-state index in [0.717, 1.165) is 11.4 Å². The Labute approximate surface area is 187 Å². The van der Waals surface area contributed by atoms with Crippen molar-refractivity contribution in [1.29, 1.82) is 0 Å². The zero-order valence-corrected chi connectivity index (χ0v) is 18.4. The molecule has 0 spiro atoms. The highest BCUT2D eigenvalue weighted by molar-refractivity contribution is 7.12. The van der Waals surface area contributed by atoms with Gasteiger partial charge in [0, 0.05) is 21.5 Å². The van der Waals surface area contributed by atoms with Gasteiger partial charge < -0.3 is 4.57 Å². The molecule has 0 saturated heterocycles. The van der Waals surface area contributed by atoms with E-state index in [-0.39, 0.29) is 0 Å². The second-order valence-electron chi connectivity index (χ2n) is 7.70. The molecule has 0 atom stereocenters. The molecule has 151 valence electrons. The average Bonchev–Trinajstić information content (AvgIpc) is 3.42. The molecule has 2 aromatic heterocycles. The monoisotopic (exact) mass is 419 g/mol. The Hall–Kier alpha value is -3.43. The molecule has 3 aromatic carbocycles. The number of hydrogen-bond donors (Lipinski definition) is 0. The molecule has 0 fully saturated rings. The molecule has 1 radical (unpaired) electrons. The normalized spacial score (nSPS) is 11.5. The number of aromatic nitrogens is 2. The topological polar surface area (TPSA) is 17.8 Å². The van der Waals surface area contributed by atoms with Crippen LogP contribution in [0.25, 0.3) is 11.4 Å². The summed E-state index contributed by atoms with van der Waals surface area (Å²) in [6.07, 6.45) is 5.16. The quantitative estimate of drug-likeness (QED) is 0.284. The number of imidazole rings is 1. The molecule has 0 aliphatic rings. The van der Waals surface area contributed by atoms with Gasteiger partial charge in [-0.05, 0) is 36.6 Å². The third-order valence-corrected chi connectivity index (χ3v) is 6.77. The van der Waals surface area contributed by atoms with Crippen molar-refractivity contribution in [3.8, 4) is 11.4 Å². The third kappa shape index (κ3) is 3.22. The fourth-order valence-electron chi connectivity index (χ4n) is 4.52. The predicted octanol–water partition coefficient (Wildman–Crippen LogP) is 6.87. The first-order valence-corrected chi connectivity index (χ1v) is 11.2. The van der Waals surface area contributed by atoms with E-state index < -0.39 is 5.54 Å². The van der Waals surface area contributed by atoms with Gasteiger partial charge in [-0.1, -0.05) is 91.0 Å². The molecule has 5 rings (SSSR count). The van der Waals surface area contributed by atoms with E-state index in [1.54, 1.807) is 0 Å². The second-order valence-corrected chi connectivity index (χ2v) is 9.16. The van der Waals surface area contributed by atoms with Crippen LogP contribution in [0, 0.1) is 20.0 Å². The number of aryl methyl sites for hydroxylation is 2. The highest BCUT2D eigenvalue weighted by Gasteiger charge is 2.40. The maximum absolute atomic E-state index is 4.75. The van der Waals surface area contributed by atoms with Crippen molar-refractivity contribution in [2.24, 2.45) is 0 Å². The first-order chi connectivity index (χ1) is 15.2. The van der Waals surface area contributed by atoms with Crippen molar-refractivity contribution in [3.63, 3.8) is 0 Å². The van der Waals surface area contributed by atoms with Crippen molar-refractivity contribution in [3.05, 3.63) is 136 Å². The van der Waals surface area contributed by atoms with Crippen LogP contribution in [0.5, 0.6) is 0 Å². The minimum atomic E-state index is -0.575. The van der Waals surface area contributed by atoms with Crippen molar-refractivity contribution in [1.82, 2.24) is 9.55 Å². The Bertz CT molecular complexity index is 1190. The molecule has 0 saturated carbocycles. The van der Waals surface area contributed by atoms with Crippen molar-refractivity contribution < 1.29 is 0 Å². The van der Waals surface area contributed by atoms with Crippen LogP contribution in [0.4, 0.5) is 0 Å². The van der Waals surface area contributed by atoms with E-state index in [4.69, 9.17) is 4.98 Å². The summed E-state index contributed by atoms with van der Waals surface area (Å²) in [6, 6.07) is 34.3. The van der Waals surface area contributed by atoms with Gasteiger partial charge in [0.2, 0.25) is 0 Å². The van der Waals surface area contributed by atoms with Crippen LogP contribution in [0.2, 0.25) is 0 Å². The van der Waals surface area contributed by atoms with E-state index >= 15 is 0 Å². The minimum Gasteiger partial charge on any atom is -0.312 e. The lowest BCUT2D eigenvalue weighted by molar-refractivity contribution is 0.520. The summed E-state index contributed by atoms with van der Waals surface area (Å²) in [7, 11) is 0. The highest BCUT2D eigenvalue weighted by Crippen LogP contribution is 2.43. The zero-order valence-electron chi connectivity index (χ0n) is 17.6.